The van der Waals surface area contributed by atoms with Crippen LogP contribution in [0.25, 0.3) is 0 Å². The van der Waals surface area contributed by atoms with Crippen LogP contribution in [0.2, 0.25) is 0 Å². The molecular formula is C7H16N2O2. The van der Waals surface area contributed by atoms with Gasteiger partial charge in [-0.1, -0.05) is 0 Å². The van der Waals surface area contributed by atoms with Crippen LogP contribution >= 0.6 is 0 Å². The van der Waals surface area contributed by atoms with E-state index in [4.69, 9.17) is 10.8 Å². The standard InChI is InChI=1S/C7H16N2O2/c1-5(3-6(2)10)9-7(11)4-8/h5-6,10H,3-4,8H2,1-2H3,(H,9,11). The monoisotopic (exact) mass is 160 g/mol. The van der Waals surface area contributed by atoms with Gasteiger partial charge in [-0.2, -0.15) is 0 Å². The molecule has 2 unspecified atom stereocenters. The highest BCUT2D eigenvalue weighted by molar-refractivity contribution is 5.77. The molecule has 4 N–H and O–H groups in total. The van der Waals surface area contributed by atoms with Gasteiger partial charge < -0.3 is 16.2 Å². The number of nitrogens with one attached hydrogen (secondary N) is 1. The largest absolute Gasteiger partial charge is 0.393 e. The highest BCUT2D eigenvalue weighted by Crippen LogP contribution is 1.95. The van der Waals surface area contributed by atoms with E-state index in [-0.39, 0.29) is 24.6 Å². The molecule has 0 spiro atoms. The van der Waals surface area contributed by atoms with Gasteiger partial charge in [-0.3, -0.25) is 4.79 Å². The van der Waals surface area contributed by atoms with Gasteiger partial charge in [-0.15, -0.1) is 0 Å². The third-order valence-electron chi connectivity index (χ3n) is 1.29. The minimum absolute atomic E-state index is 0.00412. The molecule has 0 fully saturated rings. The number of carbonyl (C=O) groups is 1. The van der Waals surface area contributed by atoms with E-state index in [1.807, 2.05) is 6.92 Å². The number of rotatable bonds is 4. The van der Waals surface area contributed by atoms with Crippen LogP contribution in [0.4, 0.5) is 0 Å². The van der Waals surface area contributed by atoms with Crippen LogP contribution in [0.1, 0.15) is 20.3 Å². The van der Waals surface area contributed by atoms with Crippen LogP contribution in [0.5, 0.6) is 0 Å². The molecular weight excluding hydrogens is 144 g/mol. The number of hydrogen-bond acceptors (Lipinski definition) is 3. The summed E-state index contributed by atoms with van der Waals surface area (Å²) in [5, 5.41) is 11.6. The van der Waals surface area contributed by atoms with Crippen molar-refractivity contribution >= 4 is 5.91 Å². The summed E-state index contributed by atoms with van der Waals surface area (Å²) in [7, 11) is 0. The Balaban J connectivity index is 3.51. The fourth-order valence-corrected chi connectivity index (χ4v) is 0.904. The maximum atomic E-state index is 10.7. The zero-order valence-electron chi connectivity index (χ0n) is 7.00. The minimum Gasteiger partial charge on any atom is -0.393 e. The van der Waals surface area contributed by atoms with Crippen LogP contribution in [-0.4, -0.2) is 29.7 Å². The van der Waals surface area contributed by atoms with Crippen LogP contribution in [0, 0.1) is 0 Å². The average molecular weight is 160 g/mol. The predicted octanol–water partition coefficient (Wildman–Crippen LogP) is -0.779. The number of nitrogens with two attached hydrogens (primary N) is 1. The lowest BCUT2D eigenvalue weighted by Gasteiger charge is -2.14. The molecule has 1 amide bonds. The van der Waals surface area contributed by atoms with Gasteiger partial charge in [0.15, 0.2) is 0 Å². The molecule has 11 heavy (non-hydrogen) atoms. The molecule has 0 heterocycles. The highest BCUT2D eigenvalue weighted by atomic mass is 16.3. The van der Waals surface area contributed by atoms with Gasteiger partial charge in [-0.05, 0) is 20.3 Å². The summed E-state index contributed by atoms with van der Waals surface area (Å²) >= 11 is 0. The van der Waals surface area contributed by atoms with Crippen molar-refractivity contribution in [2.45, 2.75) is 32.4 Å². The Morgan fingerprint density at radius 3 is 2.55 bits per heavy atom. The second kappa shape index (κ2) is 5.09. The van der Waals surface area contributed by atoms with Crippen LogP contribution in [0.15, 0.2) is 0 Å². The Hall–Kier alpha value is -0.610. The first kappa shape index (κ1) is 10.4. The summed E-state index contributed by atoms with van der Waals surface area (Å²) in [5.41, 5.74) is 5.08. The second-order valence-electron chi connectivity index (χ2n) is 2.76. The summed E-state index contributed by atoms with van der Waals surface area (Å²) in [4.78, 5) is 10.7. The van der Waals surface area contributed by atoms with Gasteiger partial charge in [0, 0.05) is 6.04 Å². The molecule has 66 valence electrons. The molecule has 0 saturated heterocycles. The predicted molar refractivity (Wildman–Crippen MR) is 43.0 cm³/mol. The van der Waals surface area contributed by atoms with Crippen molar-refractivity contribution in [3.05, 3.63) is 0 Å². The first-order valence-electron chi connectivity index (χ1n) is 3.73. The lowest BCUT2D eigenvalue weighted by Crippen LogP contribution is -2.38. The maximum Gasteiger partial charge on any atom is 0.233 e. The quantitative estimate of drug-likeness (QED) is 0.505. The first-order chi connectivity index (χ1) is 5.06. The molecule has 0 aromatic heterocycles. The minimum atomic E-state index is -0.386. The lowest BCUT2D eigenvalue weighted by molar-refractivity contribution is -0.120. The zero-order chi connectivity index (χ0) is 8.85. The number of carbonyl (C=O) groups excluding carboxylic acids is 1. The highest BCUT2D eigenvalue weighted by Gasteiger charge is 2.07. The fraction of sp³-hybridized carbons (Fsp3) is 0.857. The van der Waals surface area contributed by atoms with E-state index in [1.165, 1.54) is 0 Å². The van der Waals surface area contributed by atoms with Crippen molar-refractivity contribution in [3.63, 3.8) is 0 Å². The summed E-state index contributed by atoms with van der Waals surface area (Å²) in [6.45, 7) is 3.52. The molecule has 0 bridgehead atoms. The fourth-order valence-electron chi connectivity index (χ4n) is 0.904. The second-order valence-corrected chi connectivity index (χ2v) is 2.76. The van der Waals surface area contributed by atoms with E-state index in [2.05, 4.69) is 5.32 Å². The summed E-state index contributed by atoms with van der Waals surface area (Å²) in [6.07, 6.45) is 0.175. The molecule has 0 aliphatic heterocycles. The summed E-state index contributed by atoms with van der Waals surface area (Å²) in [5.74, 6) is -0.182. The number of amides is 1. The van der Waals surface area contributed by atoms with Gasteiger partial charge in [0.1, 0.15) is 0 Å². The number of hydrogen-bond donors (Lipinski definition) is 3. The number of aliphatic hydroxyl groups excluding tert-OH is 1. The molecule has 4 heteroatoms. The molecule has 0 saturated carbocycles. The molecule has 0 aromatic carbocycles. The Morgan fingerprint density at radius 1 is 1.64 bits per heavy atom. The summed E-state index contributed by atoms with van der Waals surface area (Å²) < 4.78 is 0. The SMILES string of the molecule is CC(O)CC(C)NC(=O)CN. The molecule has 0 radical (unpaired) electrons. The van der Waals surface area contributed by atoms with E-state index in [1.54, 1.807) is 6.92 Å². The van der Waals surface area contributed by atoms with Crippen molar-refractivity contribution in [3.8, 4) is 0 Å². The van der Waals surface area contributed by atoms with E-state index in [9.17, 15) is 4.79 Å². The Bertz CT molecular complexity index is 126. The Morgan fingerprint density at radius 2 is 2.18 bits per heavy atom. The van der Waals surface area contributed by atoms with Crippen LogP contribution < -0.4 is 11.1 Å². The Kier molecular flexibility index (Phi) is 4.81. The van der Waals surface area contributed by atoms with E-state index in [0.29, 0.717) is 6.42 Å². The van der Waals surface area contributed by atoms with Gasteiger partial charge in [0.25, 0.3) is 0 Å². The normalized spacial score (nSPS) is 15.6. The smallest absolute Gasteiger partial charge is 0.233 e. The van der Waals surface area contributed by atoms with Gasteiger partial charge in [0.2, 0.25) is 5.91 Å². The number of aliphatic hydroxyl groups is 1. The molecule has 0 aliphatic rings. The first-order valence-corrected chi connectivity index (χ1v) is 3.73. The van der Waals surface area contributed by atoms with Crippen LogP contribution in [0.3, 0.4) is 0 Å². The lowest BCUT2D eigenvalue weighted by atomic mass is 10.1. The molecule has 0 aromatic rings. The Labute approximate surface area is 66.8 Å². The molecule has 4 nitrogen and oxygen atoms in total. The van der Waals surface area contributed by atoms with Crippen molar-refractivity contribution in [1.29, 1.82) is 0 Å². The third-order valence-corrected chi connectivity index (χ3v) is 1.29. The zero-order valence-corrected chi connectivity index (χ0v) is 7.00. The maximum absolute atomic E-state index is 10.7. The molecule has 2 atom stereocenters. The van der Waals surface area contributed by atoms with E-state index in [0.717, 1.165) is 0 Å². The van der Waals surface area contributed by atoms with Gasteiger partial charge in [-0.25, -0.2) is 0 Å². The van der Waals surface area contributed by atoms with Crippen molar-refractivity contribution < 1.29 is 9.90 Å². The molecule has 0 aliphatic carbocycles. The van der Waals surface area contributed by atoms with Crippen molar-refractivity contribution in [2.24, 2.45) is 5.73 Å². The van der Waals surface area contributed by atoms with E-state index < -0.39 is 0 Å². The summed E-state index contributed by atoms with van der Waals surface area (Å²) in [6, 6.07) is -0.00829. The van der Waals surface area contributed by atoms with Crippen molar-refractivity contribution in [1.82, 2.24) is 5.32 Å². The van der Waals surface area contributed by atoms with Crippen LogP contribution in [-0.2, 0) is 4.79 Å². The average Bonchev–Trinajstić information content (AvgIpc) is 1.85. The van der Waals surface area contributed by atoms with E-state index >= 15 is 0 Å². The van der Waals surface area contributed by atoms with Gasteiger partial charge in [0.05, 0.1) is 12.6 Å². The third kappa shape index (κ3) is 5.82. The topological polar surface area (TPSA) is 75.3 Å². The van der Waals surface area contributed by atoms with Gasteiger partial charge >= 0.3 is 0 Å². The van der Waals surface area contributed by atoms with Crippen molar-refractivity contribution in [2.75, 3.05) is 6.54 Å². The molecule has 0 rings (SSSR count).